The van der Waals surface area contributed by atoms with Crippen molar-refractivity contribution in [2.24, 2.45) is 0 Å². The maximum Gasteiger partial charge on any atom is 0.350 e. The van der Waals surface area contributed by atoms with E-state index < -0.39 is 5.69 Å². The molecular weight excluding hydrogens is 392 g/mol. The van der Waals surface area contributed by atoms with E-state index in [1.165, 1.54) is 6.07 Å². The SMILES string of the molecule is CCCc1cc(N2CCN(CCCCn3ccc(O)nc3=O)CC2)nc(C(C)(C)C)n1. The van der Waals surface area contributed by atoms with E-state index in [1.54, 1.807) is 10.8 Å². The number of anilines is 1. The summed E-state index contributed by atoms with van der Waals surface area (Å²) in [6, 6.07) is 3.61. The summed E-state index contributed by atoms with van der Waals surface area (Å²) in [7, 11) is 0. The van der Waals surface area contributed by atoms with Gasteiger partial charge in [0.15, 0.2) is 0 Å². The van der Waals surface area contributed by atoms with Crippen molar-refractivity contribution < 1.29 is 5.11 Å². The van der Waals surface area contributed by atoms with Gasteiger partial charge < -0.3 is 10.0 Å². The fraction of sp³-hybridized carbons (Fsp3) is 0.652. The zero-order valence-electron chi connectivity index (χ0n) is 19.3. The first-order chi connectivity index (χ1) is 14.8. The van der Waals surface area contributed by atoms with E-state index >= 15 is 0 Å². The fourth-order valence-electron chi connectivity index (χ4n) is 3.77. The number of hydrogen-bond acceptors (Lipinski definition) is 7. The average Bonchev–Trinajstić information content (AvgIpc) is 2.72. The van der Waals surface area contributed by atoms with Crippen molar-refractivity contribution in [2.75, 3.05) is 37.6 Å². The molecular formula is C23H36N6O2. The molecule has 1 aliphatic rings. The lowest BCUT2D eigenvalue weighted by Crippen LogP contribution is -2.47. The van der Waals surface area contributed by atoms with Gasteiger partial charge in [-0.2, -0.15) is 4.98 Å². The van der Waals surface area contributed by atoms with Gasteiger partial charge in [-0.25, -0.2) is 14.8 Å². The number of hydrogen-bond donors (Lipinski definition) is 1. The summed E-state index contributed by atoms with van der Waals surface area (Å²) in [6.07, 6.45) is 5.60. The molecule has 2 aromatic heterocycles. The van der Waals surface area contributed by atoms with Crippen LogP contribution in [0.3, 0.4) is 0 Å². The summed E-state index contributed by atoms with van der Waals surface area (Å²) in [4.78, 5) is 29.8. The fourth-order valence-corrected chi connectivity index (χ4v) is 3.77. The first-order valence-electron chi connectivity index (χ1n) is 11.4. The normalized spacial score (nSPS) is 15.4. The minimum atomic E-state index is -0.393. The summed E-state index contributed by atoms with van der Waals surface area (Å²) in [6.45, 7) is 14.3. The topological polar surface area (TPSA) is 87.4 Å². The number of aromatic hydroxyl groups is 1. The molecule has 0 radical (unpaired) electrons. The van der Waals surface area contributed by atoms with Gasteiger partial charge in [-0.05, 0) is 25.8 Å². The van der Waals surface area contributed by atoms with E-state index in [2.05, 4.69) is 48.5 Å². The molecule has 1 fully saturated rings. The molecule has 1 aliphatic heterocycles. The molecule has 0 spiro atoms. The molecule has 0 aliphatic carbocycles. The highest BCUT2D eigenvalue weighted by Gasteiger charge is 2.23. The summed E-state index contributed by atoms with van der Waals surface area (Å²) in [5, 5.41) is 9.24. The summed E-state index contributed by atoms with van der Waals surface area (Å²) in [5.74, 6) is 1.76. The Balaban J connectivity index is 1.50. The molecule has 3 heterocycles. The number of unbranched alkanes of at least 4 members (excludes halogenated alkanes) is 1. The van der Waals surface area contributed by atoms with Crippen molar-refractivity contribution in [3.63, 3.8) is 0 Å². The largest absolute Gasteiger partial charge is 0.493 e. The first kappa shape index (κ1) is 23.2. The third-order valence-electron chi connectivity index (χ3n) is 5.62. The molecule has 8 heteroatoms. The Morgan fingerprint density at radius 3 is 2.39 bits per heavy atom. The van der Waals surface area contributed by atoms with E-state index in [0.717, 1.165) is 75.7 Å². The number of nitrogens with zero attached hydrogens (tertiary/aromatic N) is 6. The molecule has 170 valence electrons. The van der Waals surface area contributed by atoms with Crippen LogP contribution in [0.25, 0.3) is 0 Å². The summed E-state index contributed by atoms with van der Waals surface area (Å²) < 4.78 is 1.55. The zero-order chi connectivity index (χ0) is 22.4. The molecule has 0 atom stereocenters. The van der Waals surface area contributed by atoms with Crippen LogP contribution in [0.2, 0.25) is 0 Å². The molecule has 0 saturated carbocycles. The van der Waals surface area contributed by atoms with Crippen LogP contribution in [0.1, 0.15) is 58.5 Å². The Hall–Kier alpha value is -2.48. The molecule has 1 N–H and O–H groups in total. The number of rotatable bonds is 8. The van der Waals surface area contributed by atoms with Crippen molar-refractivity contribution in [3.05, 3.63) is 40.3 Å². The van der Waals surface area contributed by atoms with Crippen molar-refractivity contribution in [1.29, 1.82) is 0 Å². The monoisotopic (exact) mass is 428 g/mol. The smallest absolute Gasteiger partial charge is 0.350 e. The van der Waals surface area contributed by atoms with Crippen LogP contribution in [0.4, 0.5) is 5.82 Å². The Morgan fingerprint density at radius 1 is 1.03 bits per heavy atom. The lowest BCUT2D eigenvalue weighted by molar-refractivity contribution is 0.250. The maximum atomic E-state index is 11.7. The van der Waals surface area contributed by atoms with Crippen LogP contribution in [0, 0.1) is 0 Å². The van der Waals surface area contributed by atoms with Gasteiger partial charge in [-0.3, -0.25) is 9.47 Å². The Bertz CT molecular complexity index is 913. The van der Waals surface area contributed by atoms with Crippen LogP contribution in [-0.4, -0.2) is 62.2 Å². The van der Waals surface area contributed by atoms with Crippen LogP contribution < -0.4 is 10.6 Å². The van der Waals surface area contributed by atoms with Crippen molar-refractivity contribution >= 4 is 5.82 Å². The standard InChI is InChI=1S/C23H36N6O2/c1-5-8-18-17-19(25-21(24-18)23(2,3)4)28-15-13-27(14-16-28)10-6-7-11-29-12-9-20(30)26-22(29)31/h9,12,17H,5-8,10-11,13-16H2,1-4H3,(H,26,30,31). The highest BCUT2D eigenvalue weighted by molar-refractivity contribution is 5.41. The Morgan fingerprint density at radius 2 is 1.74 bits per heavy atom. The molecule has 31 heavy (non-hydrogen) atoms. The van der Waals surface area contributed by atoms with Crippen LogP contribution in [-0.2, 0) is 18.4 Å². The second-order valence-corrected chi connectivity index (χ2v) is 9.34. The zero-order valence-corrected chi connectivity index (χ0v) is 19.3. The predicted molar refractivity (Wildman–Crippen MR) is 123 cm³/mol. The van der Waals surface area contributed by atoms with E-state index in [9.17, 15) is 9.90 Å². The van der Waals surface area contributed by atoms with E-state index in [0.29, 0.717) is 6.54 Å². The van der Waals surface area contributed by atoms with Crippen molar-refractivity contribution in [1.82, 2.24) is 24.4 Å². The van der Waals surface area contributed by atoms with Gasteiger partial charge in [0.1, 0.15) is 11.6 Å². The average molecular weight is 429 g/mol. The predicted octanol–water partition coefficient (Wildman–Crippen LogP) is 2.59. The third-order valence-corrected chi connectivity index (χ3v) is 5.62. The van der Waals surface area contributed by atoms with Gasteiger partial charge in [-0.15, -0.1) is 0 Å². The molecule has 8 nitrogen and oxygen atoms in total. The second kappa shape index (κ2) is 10.2. The second-order valence-electron chi connectivity index (χ2n) is 9.34. The third kappa shape index (κ3) is 6.50. The van der Waals surface area contributed by atoms with Crippen molar-refractivity contribution in [2.45, 2.75) is 65.3 Å². The minimum absolute atomic E-state index is 0.0602. The molecule has 1 saturated heterocycles. The van der Waals surface area contributed by atoms with Crippen molar-refractivity contribution in [3.8, 4) is 5.88 Å². The number of aromatic nitrogens is 4. The Labute approximate surface area is 185 Å². The number of aryl methyl sites for hydroxylation is 2. The first-order valence-corrected chi connectivity index (χ1v) is 11.4. The lowest BCUT2D eigenvalue weighted by Gasteiger charge is -2.36. The molecule has 0 bridgehead atoms. The van der Waals surface area contributed by atoms with Gasteiger partial charge in [0.05, 0.1) is 0 Å². The minimum Gasteiger partial charge on any atom is -0.493 e. The molecule has 0 amide bonds. The van der Waals surface area contributed by atoms with Gasteiger partial charge in [0, 0.05) is 62.2 Å². The highest BCUT2D eigenvalue weighted by Crippen LogP contribution is 2.23. The lowest BCUT2D eigenvalue weighted by atomic mass is 9.95. The van der Waals surface area contributed by atoms with Gasteiger partial charge in [0.25, 0.3) is 0 Å². The molecule has 0 unspecified atom stereocenters. The van der Waals surface area contributed by atoms with Crippen LogP contribution in [0.5, 0.6) is 5.88 Å². The van der Waals surface area contributed by atoms with Gasteiger partial charge in [-0.1, -0.05) is 34.1 Å². The van der Waals surface area contributed by atoms with Crippen LogP contribution in [0.15, 0.2) is 23.1 Å². The number of piperazine rings is 1. The van der Waals surface area contributed by atoms with E-state index in [4.69, 9.17) is 9.97 Å². The summed E-state index contributed by atoms with van der Waals surface area (Å²) in [5.41, 5.74) is 0.685. The maximum absolute atomic E-state index is 11.7. The molecule has 0 aromatic carbocycles. The molecule has 2 aromatic rings. The van der Waals surface area contributed by atoms with Gasteiger partial charge in [0.2, 0.25) is 5.88 Å². The quantitative estimate of drug-likeness (QED) is 0.647. The molecule has 3 rings (SSSR count). The van der Waals surface area contributed by atoms with Gasteiger partial charge >= 0.3 is 5.69 Å². The van der Waals surface area contributed by atoms with Crippen LogP contribution >= 0.6 is 0 Å². The summed E-state index contributed by atoms with van der Waals surface area (Å²) >= 11 is 0. The highest BCUT2D eigenvalue weighted by atomic mass is 16.3. The van der Waals surface area contributed by atoms with E-state index in [-0.39, 0.29) is 11.3 Å². The van der Waals surface area contributed by atoms with E-state index in [1.807, 2.05) is 0 Å². The Kier molecular flexibility index (Phi) is 7.64.